The van der Waals surface area contributed by atoms with E-state index in [0.29, 0.717) is 27.0 Å². The zero-order chi connectivity index (χ0) is 13.0. The molecule has 0 N–H and O–H groups in total. The van der Waals surface area contributed by atoms with Crippen LogP contribution in [0.1, 0.15) is 0 Å². The molecule has 0 aliphatic rings. The lowest BCUT2D eigenvalue weighted by atomic mass is 10.1. The smallest absolute Gasteiger partial charge is 0.157 e. The molecule has 0 unspecified atom stereocenters. The molecule has 92 valence electrons. The van der Waals surface area contributed by atoms with Crippen LogP contribution in [0.25, 0.3) is 21.9 Å². The predicted molar refractivity (Wildman–Crippen MR) is 78.8 cm³/mol. The minimum absolute atomic E-state index is 0.172. The summed E-state index contributed by atoms with van der Waals surface area (Å²) in [7, 11) is 0. The summed E-state index contributed by atoms with van der Waals surface area (Å²) in [6, 6.07) is 5.29. The van der Waals surface area contributed by atoms with Crippen molar-refractivity contribution in [2.24, 2.45) is 0 Å². The van der Waals surface area contributed by atoms with Crippen LogP contribution in [0.4, 0.5) is 0 Å². The third-order valence-electron chi connectivity index (χ3n) is 2.66. The fraction of sp³-hybridized carbons (Fsp3) is 0. The van der Waals surface area contributed by atoms with Gasteiger partial charge in [-0.15, -0.1) is 0 Å². The zero-order valence-electron chi connectivity index (χ0n) is 8.53. The van der Waals surface area contributed by atoms with Crippen LogP contribution in [0, 0.1) is 0 Å². The molecule has 3 rings (SSSR count). The van der Waals surface area contributed by atoms with Crippen LogP contribution in [0.3, 0.4) is 0 Å². The second kappa shape index (κ2) is 4.36. The van der Waals surface area contributed by atoms with Crippen molar-refractivity contribution in [3.05, 3.63) is 43.3 Å². The molecule has 0 amide bonds. The quantitative estimate of drug-likeness (QED) is 0.322. The predicted octanol–water partition coefficient (Wildman–Crippen LogP) is 6.85. The summed E-state index contributed by atoms with van der Waals surface area (Å²) in [5.41, 5.74) is 0.971. The van der Waals surface area contributed by atoms with E-state index < -0.39 is 0 Å². The molecular formula is C12H3Cl5O. The van der Waals surface area contributed by atoms with E-state index in [0.717, 1.165) is 0 Å². The van der Waals surface area contributed by atoms with Crippen molar-refractivity contribution in [1.82, 2.24) is 0 Å². The van der Waals surface area contributed by atoms with Crippen LogP contribution in [0.2, 0.25) is 25.1 Å². The highest BCUT2D eigenvalue weighted by Gasteiger charge is 2.21. The summed E-state index contributed by atoms with van der Waals surface area (Å²) >= 11 is 30.5. The fourth-order valence-electron chi connectivity index (χ4n) is 1.87. The van der Waals surface area contributed by atoms with E-state index in [1.807, 2.05) is 0 Å². The average molecular weight is 340 g/mol. The van der Waals surface area contributed by atoms with Gasteiger partial charge in [-0.2, -0.15) is 0 Å². The molecule has 1 aromatic heterocycles. The Hall–Kier alpha value is -0.310. The SMILES string of the molecule is Clc1c(Cl)c(Cl)c2c(oc3cccc(Cl)c32)c1Cl. The van der Waals surface area contributed by atoms with E-state index in [1.165, 1.54) is 0 Å². The number of halogens is 5. The average Bonchev–Trinajstić information content (AvgIpc) is 2.75. The molecule has 0 spiro atoms. The van der Waals surface area contributed by atoms with Gasteiger partial charge in [0.1, 0.15) is 10.6 Å². The van der Waals surface area contributed by atoms with Gasteiger partial charge < -0.3 is 4.42 Å². The zero-order valence-corrected chi connectivity index (χ0v) is 12.3. The topological polar surface area (TPSA) is 13.1 Å². The largest absolute Gasteiger partial charge is 0.454 e. The first-order valence-electron chi connectivity index (χ1n) is 4.85. The molecule has 0 aliphatic carbocycles. The minimum atomic E-state index is 0.172. The van der Waals surface area contributed by atoms with Crippen LogP contribution in [0.15, 0.2) is 22.6 Å². The Morgan fingerprint density at radius 2 is 1.39 bits per heavy atom. The van der Waals surface area contributed by atoms with E-state index in [1.54, 1.807) is 18.2 Å². The number of rotatable bonds is 0. The number of hydrogen-bond donors (Lipinski definition) is 0. The number of fused-ring (bicyclic) bond motifs is 3. The molecule has 1 nitrogen and oxygen atoms in total. The first kappa shape index (κ1) is 12.7. The van der Waals surface area contributed by atoms with E-state index in [4.69, 9.17) is 62.4 Å². The molecule has 6 heteroatoms. The first-order valence-corrected chi connectivity index (χ1v) is 6.74. The van der Waals surface area contributed by atoms with Crippen molar-refractivity contribution in [1.29, 1.82) is 0 Å². The summed E-state index contributed by atoms with van der Waals surface area (Å²) in [6.07, 6.45) is 0. The van der Waals surface area contributed by atoms with Crippen molar-refractivity contribution in [3.8, 4) is 0 Å². The molecule has 0 fully saturated rings. The molecule has 0 atom stereocenters. The maximum atomic E-state index is 6.20. The van der Waals surface area contributed by atoms with E-state index in [-0.39, 0.29) is 20.1 Å². The van der Waals surface area contributed by atoms with Gasteiger partial charge in [0.05, 0.1) is 25.5 Å². The Bertz CT molecular complexity index is 790. The third kappa shape index (κ3) is 1.62. The molecule has 0 bridgehead atoms. The summed E-state index contributed by atoms with van der Waals surface area (Å²) in [4.78, 5) is 0. The molecule has 1 heterocycles. The maximum absolute atomic E-state index is 6.20. The molecule has 0 radical (unpaired) electrons. The number of furan rings is 1. The summed E-state index contributed by atoms with van der Waals surface area (Å²) < 4.78 is 5.64. The Morgan fingerprint density at radius 3 is 2.11 bits per heavy atom. The minimum Gasteiger partial charge on any atom is -0.454 e. The number of benzene rings is 2. The lowest BCUT2D eigenvalue weighted by Gasteiger charge is -2.03. The second-order valence-corrected chi connectivity index (χ2v) is 5.59. The molecule has 3 aromatic rings. The van der Waals surface area contributed by atoms with Gasteiger partial charge in [0.15, 0.2) is 5.58 Å². The molecule has 0 aliphatic heterocycles. The van der Waals surface area contributed by atoms with E-state index in [2.05, 4.69) is 0 Å². The Labute approximate surface area is 127 Å². The highest BCUT2D eigenvalue weighted by molar-refractivity contribution is 6.56. The lowest BCUT2D eigenvalue weighted by molar-refractivity contribution is 0.669. The van der Waals surface area contributed by atoms with Gasteiger partial charge in [0.2, 0.25) is 0 Å². The molecule has 18 heavy (non-hydrogen) atoms. The summed E-state index contributed by atoms with van der Waals surface area (Å²) in [6.45, 7) is 0. The van der Waals surface area contributed by atoms with Crippen molar-refractivity contribution < 1.29 is 4.42 Å². The van der Waals surface area contributed by atoms with Crippen LogP contribution in [-0.4, -0.2) is 0 Å². The van der Waals surface area contributed by atoms with Crippen LogP contribution in [0.5, 0.6) is 0 Å². The monoisotopic (exact) mass is 338 g/mol. The summed E-state index contributed by atoms with van der Waals surface area (Å²) in [5.74, 6) is 0. The van der Waals surface area contributed by atoms with Gasteiger partial charge in [0, 0.05) is 5.39 Å². The van der Waals surface area contributed by atoms with Crippen LogP contribution < -0.4 is 0 Å². The van der Waals surface area contributed by atoms with Gasteiger partial charge in [-0.3, -0.25) is 0 Å². The highest BCUT2D eigenvalue weighted by atomic mass is 35.5. The van der Waals surface area contributed by atoms with E-state index in [9.17, 15) is 0 Å². The standard InChI is InChI=1S/C12H3Cl5O/c13-4-2-1-3-5-6(4)7-8(14)9(15)10(16)11(17)12(7)18-5/h1-3H. The van der Waals surface area contributed by atoms with Gasteiger partial charge in [-0.1, -0.05) is 64.1 Å². The Balaban J connectivity index is 2.69. The third-order valence-corrected chi connectivity index (χ3v) is 4.76. The Kier molecular flexibility index (Phi) is 3.08. The first-order chi connectivity index (χ1) is 8.52. The highest BCUT2D eigenvalue weighted by Crippen LogP contribution is 2.47. The van der Waals surface area contributed by atoms with Gasteiger partial charge in [-0.05, 0) is 12.1 Å². The van der Waals surface area contributed by atoms with Crippen LogP contribution >= 0.6 is 58.0 Å². The van der Waals surface area contributed by atoms with Gasteiger partial charge >= 0.3 is 0 Å². The van der Waals surface area contributed by atoms with Crippen LogP contribution in [-0.2, 0) is 0 Å². The summed E-state index contributed by atoms with van der Waals surface area (Å²) in [5, 5.41) is 2.66. The molecule has 2 aromatic carbocycles. The van der Waals surface area contributed by atoms with Crippen molar-refractivity contribution >= 4 is 79.9 Å². The molecular weight excluding hydrogens is 337 g/mol. The second-order valence-electron chi connectivity index (χ2n) is 3.68. The normalized spacial score (nSPS) is 11.6. The van der Waals surface area contributed by atoms with Gasteiger partial charge in [-0.25, -0.2) is 0 Å². The number of hydrogen-bond acceptors (Lipinski definition) is 1. The van der Waals surface area contributed by atoms with Crippen molar-refractivity contribution in [2.75, 3.05) is 0 Å². The molecule has 0 saturated heterocycles. The Morgan fingerprint density at radius 1 is 0.722 bits per heavy atom. The van der Waals surface area contributed by atoms with E-state index >= 15 is 0 Å². The van der Waals surface area contributed by atoms with Gasteiger partial charge in [0.25, 0.3) is 0 Å². The molecule has 0 saturated carbocycles. The van der Waals surface area contributed by atoms with Crippen molar-refractivity contribution in [3.63, 3.8) is 0 Å². The van der Waals surface area contributed by atoms with Crippen molar-refractivity contribution in [2.45, 2.75) is 0 Å². The lowest BCUT2D eigenvalue weighted by Crippen LogP contribution is -1.78. The maximum Gasteiger partial charge on any atom is 0.157 e. The fourth-order valence-corrected chi connectivity index (χ4v) is 3.10.